The van der Waals surface area contributed by atoms with Crippen molar-refractivity contribution in [3.05, 3.63) is 65.2 Å². The van der Waals surface area contributed by atoms with Gasteiger partial charge in [0.15, 0.2) is 0 Å². The molecule has 0 atom stereocenters. The van der Waals surface area contributed by atoms with E-state index in [0.717, 1.165) is 25.1 Å². The van der Waals surface area contributed by atoms with Gasteiger partial charge in [-0.15, -0.1) is 0 Å². The quantitative estimate of drug-likeness (QED) is 0.597. The van der Waals surface area contributed by atoms with Gasteiger partial charge in [0.1, 0.15) is 12.4 Å². The summed E-state index contributed by atoms with van der Waals surface area (Å²) in [6.07, 6.45) is 2.06. The molecule has 2 aromatic rings. The first-order chi connectivity index (χ1) is 13.2. The molecular formula is C25H38ClNO2. The molecule has 0 radical (unpaired) electrons. The van der Waals surface area contributed by atoms with Crippen LogP contribution in [0.3, 0.4) is 0 Å². The van der Waals surface area contributed by atoms with Gasteiger partial charge in [-0.25, -0.2) is 0 Å². The third-order valence-corrected chi connectivity index (χ3v) is 5.01. The van der Waals surface area contributed by atoms with Gasteiger partial charge in [-0.05, 0) is 46.9 Å². The molecule has 162 valence electrons. The molecule has 3 nitrogen and oxygen atoms in total. The summed E-state index contributed by atoms with van der Waals surface area (Å²) in [5.74, 6) is 0.904. The Kier molecular flexibility index (Phi) is 10.2. The molecule has 4 heteroatoms. The zero-order chi connectivity index (χ0) is 20.6. The second kappa shape index (κ2) is 11.6. The van der Waals surface area contributed by atoms with Crippen LogP contribution in [0.2, 0.25) is 0 Å². The molecule has 2 rings (SSSR count). The molecule has 0 bridgehead atoms. The smallest absolute Gasteiger partial charge is 0.119 e. The Bertz CT molecular complexity index is 720. The molecule has 0 aliphatic heterocycles. The van der Waals surface area contributed by atoms with E-state index in [1.807, 2.05) is 0 Å². The maximum atomic E-state index is 5.84. The lowest BCUT2D eigenvalue weighted by Crippen LogP contribution is -3.00. The van der Waals surface area contributed by atoms with Crippen LogP contribution in [0.25, 0.3) is 0 Å². The molecule has 29 heavy (non-hydrogen) atoms. The molecule has 2 aromatic carbocycles. The van der Waals surface area contributed by atoms with Crippen LogP contribution in [0.1, 0.15) is 57.7 Å². The highest BCUT2D eigenvalue weighted by molar-refractivity contribution is 5.32. The second-order valence-electron chi connectivity index (χ2n) is 9.38. The maximum absolute atomic E-state index is 5.84. The highest BCUT2D eigenvalue weighted by Crippen LogP contribution is 2.36. The highest BCUT2D eigenvalue weighted by Gasteiger charge is 2.27. The fourth-order valence-corrected chi connectivity index (χ4v) is 3.98. The van der Waals surface area contributed by atoms with E-state index in [1.54, 1.807) is 0 Å². The Morgan fingerprint density at radius 2 is 1.41 bits per heavy atom. The van der Waals surface area contributed by atoms with Crippen LogP contribution in [-0.4, -0.2) is 19.8 Å². The van der Waals surface area contributed by atoms with Crippen LogP contribution >= 0.6 is 0 Å². The van der Waals surface area contributed by atoms with Crippen molar-refractivity contribution >= 4 is 0 Å². The van der Waals surface area contributed by atoms with Crippen molar-refractivity contribution < 1.29 is 27.6 Å². The number of hydrogen-bond acceptors (Lipinski definition) is 2. The van der Waals surface area contributed by atoms with Gasteiger partial charge in [-0.3, -0.25) is 0 Å². The summed E-state index contributed by atoms with van der Waals surface area (Å²) in [6.45, 7) is 14.2. The van der Waals surface area contributed by atoms with Gasteiger partial charge < -0.3 is 27.6 Å². The van der Waals surface area contributed by atoms with Gasteiger partial charge in [-0.2, -0.15) is 0 Å². The molecule has 0 aliphatic carbocycles. The third-order valence-electron chi connectivity index (χ3n) is 5.01. The Balaban J connectivity index is 0.00000420. The summed E-state index contributed by atoms with van der Waals surface area (Å²) in [7, 11) is 0. The van der Waals surface area contributed by atoms with E-state index in [4.69, 9.17) is 9.47 Å². The Morgan fingerprint density at radius 3 is 2.00 bits per heavy atom. The van der Waals surface area contributed by atoms with Crippen molar-refractivity contribution in [2.75, 3.05) is 19.8 Å². The number of halogens is 1. The molecule has 0 spiro atoms. The molecule has 0 unspecified atom stereocenters. The normalized spacial score (nSPS) is 11.8. The molecule has 0 saturated carbocycles. The van der Waals surface area contributed by atoms with E-state index in [2.05, 4.69) is 88.9 Å². The van der Waals surface area contributed by atoms with E-state index in [0.29, 0.717) is 25.2 Å². The van der Waals surface area contributed by atoms with Crippen LogP contribution in [0.4, 0.5) is 0 Å². The Morgan fingerprint density at radius 1 is 0.793 bits per heavy atom. The molecule has 0 heterocycles. The molecular weight excluding hydrogens is 382 g/mol. The molecule has 3 N–H and O–H groups in total. The Hall–Kier alpha value is -1.55. The number of benzene rings is 2. The first-order valence-electron chi connectivity index (χ1n) is 10.4. The van der Waals surface area contributed by atoms with Crippen molar-refractivity contribution in [1.29, 1.82) is 0 Å². The maximum Gasteiger partial charge on any atom is 0.119 e. The zero-order valence-electron chi connectivity index (χ0n) is 18.8. The van der Waals surface area contributed by atoms with E-state index in [1.165, 1.54) is 16.7 Å². The van der Waals surface area contributed by atoms with E-state index in [9.17, 15) is 0 Å². The molecule has 0 aliphatic rings. The summed E-state index contributed by atoms with van der Waals surface area (Å²) in [5.41, 5.74) is 8.44. The third kappa shape index (κ3) is 8.77. The average Bonchev–Trinajstić information content (AvgIpc) is 2.63. The van der Waals surface area contributed by atoms with Crippen LogP contribution in [0, 0.1) is 5.41 Å². The monoisotopic (exact) mass is 419 g/mol. The summed E-state index contributed by atoms with van der Waals surface area (Å²) >= 11 is 0. The number of ether oxygens (including phenoxy) is 2. The first kappa shape index (κ1) is 25.5. The first-order valence-corrected chi connectivity index (χ1v) is 10.4. The minimum Gasteiger partial charge on any atom is -1.00 e. The standard InChI is InChI=1S/C25H37NO2.ClH/c1-24(2,3)19-25(4,5)22-10-12-23(13-11-22)28-17-16-27-15-14-20-8-6-7-9-21(20)18-26;/h6-13H,14-19,26H2,1-5H3;1H. The van der Waals surface area contributed by atoms with Crippen molar-refractivity contribution in [3.63, 3.8) is 0 Å². The number of quaternary nitrogens is 1. The van der Waals surface area contributed by atoms with Crippen molar-refractivity contribution in [2.45, 2.75) is 59.4 Å². The van der Waals surface area contributed by atoms with Gasteiger partial charge in [0.05, 0.1) is 19.8 Å². The Labute approximate surface area is 183 Å². The van der Waals surface area contributed by atoms with Crippen molar-refractivity contribution in [1.82, 2.24) is 0 Å². The average molecular weight is 420 g/mol. The number of rotatable bonds is 10. The minimum absolute atomic E-state index is 0. The number of hydrogen-bond donors (Lipinski definition) is 1. The van der Waals surface area contributed by atoms with E-state index < -0.39 is 0 Å². The van der Waals surface area contributed by atoms with Gasteiger partial charge in [-0.1, -0.05) is 71.0 Å². The van der Waals surface area contributed by atoms with Crippen LogP contribution in [-0.2, 0) is 23.1 Å². The van der Waals surface area contributed by atoms with Crippen LogP contribution in [0.15, 0.2) is 48.5 Å². The van der Waals surface area contributed by atoms with Gasteiger partial charge in [0.2, 0.25) is 0 Å². The predicted octanol–water partition coefficient (Wildman–Crippen LogP) is 1.78. The van der Waals surface area contributed by atoms with Gasteiger partial charge in [0, 0.05) is 5.56 Å². The topological polar surface area (TPSA) is 46.1 Å². The second-order valence-corrected chi connectivity index (χ2v) is 9.38. The molecule has 0 fully saturated rings. The molecule has 0 amide bonds. The van der Waals surface area contributed by atoms with Crippen LogP contribution < -0.4 is 22.9 Å². The SMILES string of the molecule is CC(C)(C)CC(C)(C)c1ccc(OCCOCCc2ccccc2C[NH3+])cc1.[Cl-]. The summed E-state index contributed by atoms with van der Waals surface area (Å²) in [5, 5.41) is 0. The summed E-state index contributed by atoms with van der Waals surface area (Å²) in [4.78, 5) is 0. The van der Waals surface area contributed by atoms with E-state index >= 15 is 0 Å². The zero-order valence-corrected chi connectivity index (χ0v) is 19.5. The van der Waals surface area contributed by atoms with Gasteiger partial charge in [0.25, 0.3) is 0 Å². The lowest BCUT2D eigenvalue weighted by molar-refractivity contribution is -0.386. The van der Waals surface area contributed by atoms with Crippen molar-refractivity contribution in [2.24, 2.45) is 5.41 Å². The summed E-state index contributed by atoms with van der Waals surface area (Å²) < 4.78 is 11.6. The largest absolute Gasteiger partial charge is 1.00 e. The van der Waals surface area contributed by atoms with Crippen LogP contribution in [0.5, 0.6) is 5.75 Å². The lowest BCUT2D eigenvalue weighted by atomic mass is 9.72. The molecule has 0 aromatic heterocycles. The molecule has 0 saturated heterocycles. The lowest BCUT2D eigenvalue weighted by Gasteiger charge is -2.33. The fraction of sp³-hybridized carbons (Fsp3) is 0.520. The minimum atomic E-state index is 0. The van der Waals surface area contributed by atoms with Crippen molar-refractivity contribution in [3.8, 4) is 5.75 Å². The highest BCUT2D eigenvalue weighted by atomic mass is 35.5. The van der Waals surface area contributed by atoms with E-state index in [-0.39, 0.29) is 17.8 Å². The summed E-state index contributed by atoms with van der Waals surface area (Å²) in [6, 6.07) is 17.0. The predicted molar refractivity (Wildman–Crippen MR) is 117 cm³/mol. The van der Waals surface area contributed by atoms with Gasteiger partial charge >= 0.3 is 0 Å². The fourth-order valence-electron chi connectivity index (χ4n) is 3.98.